The quantitative estimate of drug-likeness (QED) is 0.642. The molecule has 0 fully saturated rings. The lowest BCUT2D eigenvalue weighted by Gasteiger charge is -2.20. The molecule has 0 saturated heterocycles. The van der Waals surface area contributed by atoms with Crippen LogP contribution >= 0.6 is 0 Å². The highest BCUT2D eigenvalue weighted by Crippen LogP contribution is 2.24. The summed E-state index contributed by atoms with van der Waals surface area (Å²) in [5, 5.41) is 16.3. The maximum atomic E-state index is 13.1. The van der Waals surface area contributed by atoms with Crippen LogP contribution in [0, 0.1) is 15.9 Å². The molecule has 6 nitrogen and oxygen atoms in total. The third kappa shape index (κ3) is 5.31. The first-order chi connectivity index (χ1) is 9.19. The number of carbonyl (C=O) groups is 1. The Morgan fingerprint density at radius 1 is 1.40 bits per heavy atom. The van der Waals surface area contributed by atoms with Crippen LogP contribution in [-0.4, -0.2) is 22.9 Å². The van der Waals surface area contributed by atoms with E-state index in [9.17, 15) is 19.3 Å². The predicted molar refractivity (Wildman–Crippen MR) is 74.1 cm³/mol. The molecular weight excluding hydrogens is 265 g/mol. The van der Waals surface area contributed by atoms with Gasteiger partial charge in [-0.3, -0.25) is 14.9 Å². The van der Waals surface area contributed by atoms with Crippen LogP contribution in [0.1, 0.15) is 27.2 Å². The number of hydrogen-bond acceptors (Lipinski definition) is 4. The van der Waals surface area contributed by atoms with Gasteiger partial charge in [0.2, 0.25) is 5.91 Å². The summed E-state index contributed by atoms with van der Waals surface area (Å²) in [6.07, 6.45) is 0.144. The molecule has 2 N–H and O–H groups in total. The van der Waals surface area contributed by atoms with E-state index in [0.717, 1.165) is 18.2 Å². The number of benzene rings is 1. The van der Waals surface area contributed by atoms with Crippen LogP contribution in [0.25, 0.3) is 0 Å². The van der Waals surface area contributed by atoms with E-state index in [1.807, 2.05) is 20.8 Å². The standard InChI is InChI=1S/C13H18FN3O3/c1-13(2,3)15-7-6-12(18)16-10-8-9(14)4-5-11(10)17(19)20/h4-5,8,15H,6-7H2,1-3H3,(H,16,18). The van der Waals surface area contributed by atoms with Crippen LogP contribution in [0.4, 0.5) is 15.8 Å². The van der Waals surface area contributed by atoms with Crippen LogP contribution < -0.4 is 10.6 Å². The third-order valence-corrected chi connectivity index (χ3v) is 2.44. The highest BCUT2D eigenvalue weighted by molar-refractivity contribution is 5.93. The van der Waals surface area contributed by atoms with Gasteiger partial charge >= 0.3 is 0 Å². The molecule has 0 radical (unpaired) electrons. The number of nitrogens with one attached hydrogen (secondary N) is 2. The molecule has 1 amide bonds. The van der Waals surface area contributed by atoms with Crippen molar-refractivity contribution < 1.29 is 14.1 Å². The highest BCUT2D eigenvalue weighted by Gasteiger charge is 2.17. The molecule has 0 aliphatic carbocycles. The first-order valence-electron chi connectivity index (χ1n) is 6.18. The molecule has 0 saturated carbocycles. The van der Waals surface area contributed by atoms with Gasteiger partial charge in [0.1, 0.15) is 11.5 Å². The number of rotatable bonds is 5. The molecule has 0 heterocycles. The minimum Gasteiger partial charge on any atom is -0.320 e. The molecule has 1 aromatic rings. The maximum Gasteiger partial charge on any atom is 0.292 e. The predicted octanol–water partition coefficient (Wildman–Crippen LogP) is 2.45. The van der Waals surface area contributed by atoms with Crippen molar-refractivity contribution in [3.63, 3.8) is 0 Å². The van der Waals surface area contributed by atoms with Gasteiger partial charge < -0.3 is 10.6 Å². The fourth-order valence-corrected chi connectivity index (χ4v) is 1.53. The van der Waals surface area contributed by atoms with Crippen LogP contribution in [0.5, 0.6) is 0 Å². The Kier molecular flexibility index (Phi) is 5.15. The Balaban J connectivity index is 2.66. The maximum absolute atomic E-state index is 13.1. The van der Waals surface area contributed by atoms with E-state index in [2.05, 4.69) is 10.6 Å². The minimum atomic E-state index is -0.664. The first kappa shape index (κ1) is 16.0. The molecule has 110 valence electrons. The molecular formula is C13H18FN3O3. The zero-order chi connectivity index (χ0) is 15.3. The number of amides is 1. The van der Waals surface area contributed by atoms with Gasteiger partial charge in [0.25, 0.3) is 5.69 Å². The molecule has 20 heavy (non-hydrogen) atoms. The lowest BCUT2D eigenvalue weighted by Crippen LogP contribution is -2.37. The normalized spacial score (nSPS) is 11.2. The molecule has 7 heteroatoms. The smallest absolute Gasteiger partial charge is 0.292 e. The second kappa shape index (κ2) is 6.42. The second-order valence-corrected chi connectivity index (χ2v) is 5.39. The van der Waals surface area contributed by atoms with Crippen LogP contribution in [0.3, 0.4) is 0 Å². The summed E-state index contributed by atoms with van der Waals surface area (Å²) >= 11 is 0. The third-order valence-electron chi connectivity index (χ3n) is 2.44. The van der Waals surface area contributed by atoms with Crippen molar-refractivity contribution in [1.82, 2.24) is 5.32 Å². The van der Waals surface area contributed by atoms with Gasteiger partial charge in [-0.1, -0.05) is 0 Å². The zero-order valence-corrected chi connectivity index (χ0v) is 11.7. The van der Waals surface area contributed by atoms with Gasteiger partial charge in [-0.25, -0.2) is 4.39 Å². The van der Waals surface area contributed by atoms with Crippen molar-refractivity contribution in [3.05, 3.63) is 34.1 Å². The molecule has 0 aliphatic heterocycles. The van der Waals surface area contributed by atoms with Crippen LogP contribution in [0.15, 0.2) is 18.2 Å². The Morgan fingerprint density at radius 3 is 2.60 bits per heavy atom. The summed E-state index contributed by atoms with van der Waals surface area (Å²) in [6, 6.07) is 2.94. The first-order valence-corrected chi connectivity index (χ1v) is 6.18. The lowest BCUT2D eigenvalue weighted by atomic mass is 10.1. The summed E-state index contributed by atoms with van der Waals surface area (Å²) in [4.78, 5) is 21.8. The SMILES string of the molecule is CC(C)(C)NCCC(=O)Nc1cc(F)ccc1[N+](=O)[O-]. The van der Waals surface area contributed by atoms with Gasteiger partial charge in [0.05, 0.1) is 4.92 Å². The minimum absolute atomic E-state index is 0.120. The Hall–Kier alpha value is -2.02. The molecule has 0 aromatic heterocycles. The number of carbonyl (C=O) groups excluding carboxylic acids is 1. The van der Waals surface area contributed by atoms with Crippen molar-refractivity contribution in [2.75, 3.05) is 11.9 Å². The number of halogens is 1. The zero-order valence-electron chi connectivity index (χ0n) is 11.7. The fourth-order valence-electron chi connectivity index (χ4n) is 1.53. The summed E-state index contributed by atoms with van der Waals surface area (Å²) in [6.45, 7) is 6.31. The number of anilines is 1. The van der Waals surface area contributed by atoms with Crippen molar-refractivity contribution >= 4 is 17.3 Å². The van der Waals surface area contributed by atoms with Crippen LogP contribution in [-0.2, 0) is 4.79 Å². The fraction of sp³-hybridized carbons (Fsp3) is 0.462. The van der Waals surface area contributed by atoms with Crippen molar-refractivity contribution in [2.24, 2.45) is 0 Å². The van der Waals surface area contributed by atoms with E-state index >= 15 is 0 Å². The van der Waals surface area contributed by atoms with Gasteiger partial charge in [0.15, 0.2) is 0 Å². The molecule has 1 aromatic carbocycles. The number of nitrogens with zero attached hydrogens (tertiary/aromatic N) is 1. The highest BCUT2D eigenvalue weighted by atomic mass is 19.1. The summed E-state index contributed by atoms with van der Waals surface area (Å²) in [5.74, 6) is -1.05. The average Bonchev–Trinajstić information content (AvgIpc) is 2.26. The monoisotopic (exact) mass is 283 g/mol. The van der Waals surface area contributed by atoms with Gasteiger partial charge in [-0.05, 0) is 26.8 Å². The van der Waals surface area contributed by atoms with Gasteiger partial charge in [-0.2, -0.15) is 0 Å². The summed E-state index contributed by atoms with van der Waals surface area (Å²) in [5.41, 5.74) is -0.579. The second-order valence-electron chi connectivity index (χ2n) is 5.39. The Labute approximate surface area is 116 Å². The Bertz CT molecular complexity index is 512. The van der Waals surface area contributed by atoms with E-state index in [1.54, 1.807) is 0 Å². The lowest BCUT2D eigenvalue weighted by molar-refractivity contribution is -0.384. The number of hydrogen-bond donors (Lipinski definition) is 2. The Morgan fingerprint density at radius 2 is 2.05 bits per heavy atom. The van der Waals surface area contributed by atoms with E-state index < -0.39 is 16.6 Å². The van der Waals surface area contributed by atoms with E-state index in [-0.39, 0.29) is 23.3 Å². The van der Waals surface area contributed by atoms with E-state index in [1.165, 1.54) is 0 Å². The van der Waals surface area contributed by atoms with Crippen molar-refractivity contribution in [2.45, 2.75) is 32.7 Å². The van der Waals surface area contributed by atoms with Crippen LogP contribution in [0.2, 0.25) is 0 Å². The van der Waals surface area contributed by atoms with E-state index in [4.69, 9.17) is 0 Å². The topological polar surface area (TPSA) is 84.3 Å². The number of nitro groups is 1. The molecule has 0 bridgehead atoms. The van der Waals surface area contributed by atoms with E-state index in [0.29, 0.717) is 6.54 Å². The van der Waals surface area contributed by atoms with Gasteiger partial charge in [0, 0.05) is 30.6 Å². The molecule has 1 rings (SSSR count). The molecule has 0 atom stereocenters. The molecule has 0 aliphatic rings. The van der Waals surface area contributed by atoms with Crippen molar-refractivity contribution in [3.8, 4) is 0 Å². The summed E-state index contributed by atoms with van der Waals surface area (Å²) < 4.78 is 13.1. The largest absolute Gasteiger partial charge is 0.320 e. The number of nitro benzene ring substituents is 1. The van der Waals surface area contributed by atoms with Crippen molar-refractivity contribution in [1.29, 1.82) is 0 Å². The molecule has 0 spiro atoms. The summed E-state index contributed by atoms with van der Waals surface area (Å²) in [7, 11) is 0. The molecule has 0 unspecified atom stereocenters. The average molecular weight is 283 g/mol. The van der Waals surface area contributed by atoms with Gasteiger partial charge in [-0.15, -0.1) is 0 Å².